The van der Waals surface area contributed by atoms with Crippen molar-refractivity contribution < 1.29 is 18.3 Å². The summed E-state index contributed by atoms with van der Waals surface area (Å²) < 4.78 is 34.1. The summed E-state index contributed by atoms with van der Waals surface area (Å²) in [5.41, 5.74) is 2.36. The van der Waals surface area contributed by atoms with E-state index >= 15 is 0 Å². The van der Waals surface area contributed by atoms with Gasteiger partial charge in [0, 0.05) is 23.0 Å². The minimum Gasteiger partial charge on any atom is -0.439 e. The Morgan fingerprint density at radius 2 is 1.72 bits per heavy atom. The van der Waals surface area contributed by atoms with Gasteiger partial charge in [0.1, 0.15) is 23.7 Å². The summed E-state index contributed by atoms with van der Waals surface area (Å²) >= 11 is 0. The van der Waals surface area contributed by atoms with Crippen LogP contribution in [0.2, 0.25) is 0 Å². The van der Waals surface area contributed by atoms with E-state index in [0.29, 0.717) is 29.0 Å². The molecule has 0 bridgehead atoms. The Kier molecular flexibility index (Phi) is 5.63. The zero-order valence-electron chi connectivity index (χ0n) is 17.6. The molecular weight excluding hydrogens is 416 g/mol. The predicted octanol–water partition coefficient (Wildman–Crippen LogP) is 4.91. The molecule has 4 rings (SSSR count). The summed E-state index contributed by atoms with van der Waals surface area (Å²) in [6.07, 6.45) is 1.70. The van der Waals surface area contributed by atoms with Gasteiger partial charge in [-0.15, -0.1) is 0 Å². The second-order valence-corrected chi connectivity index (χ2v) is 7.11. The van der Waals surface area contributed by atoms with Crippen LogP contribution in [0, 0.1) is 32.4 Å². The molecule has 7 nitrogen and oxygen atoms in total. The summed E-state index contributed by atoms with van der Waals surface area (Å²) in [6.45, 7) is 5.64. The van der Waals surface area contributed by atoms with Gasteiger partial charge in [0.25, 0.3) is 5.91 Å². The number of anilines is 1. The molecule has 0 fully saturated rings. The fourth-order valence-electron chi connectivity index (χ4n) is 3.00. The Morgan fingerprint density at radius 3 is 2.38 bits per heavy atom. The lowest BCUT2D eigenvalue weighted by Crippen LogP contribution is -2.12. The zero-order chi connectivity index (χ0) is 22.8. The number of rotatable bonds is 5. The second-order valence-electron chi connectivity index (χ2n) is 7.11. The van der Waals surface area contributed by atoms with Gasteiger partial charge in [0.2, 0.25) is 5.88 Å². The maximum Gasteiger partial charge on any atom is 0.255 e. The number of hydrogen-bond acceptors (Lipinski definition) is 5. The Morgan fingerprint density at radius 1 is 0.969 bits per heavy atom. The van der Waals surface area contributed by atoms with E-state index in [2.05, 4.69) is 20.3 Å². The SMILES string of the molecule is Cc1nc(Oc2ccc(NC(=O)c3ccc(F)c(F)c3)cc2)cc(-n2cnc(C)c2C)n1. The summed E-state index contributed by atoms with van der Waals surface area (Å²) in [6, 6.07) is 11.3. The molecule has 0 saturated heterocycles. The average molecular weight is 435 g/mol. The van der Waals surface area contributed by atoms with Crippen molar-refractivity contribution in [3.8, 4) is 17.4 Å². The molecule has 9 heteroatoms. The first-order chi connectivity index (χ1) is 15.3. The minimum absolute atomic E-state index is 0.0123. The molecular formula is C23H19F2N5O2. The van der Waals surface area contributed by atoms with E-state index in [9.17, 15) is 13.6 Å². The molecule has 0 atom stereocenters. The number of aryl methyl sites for hydroxylation is 2. The van der Waals surface area contributed by atoms with Gasteiger partial charge in [0.05, 0.1) is 5.69 Å². The quantitative estimate of drug-likeness (QED) is 0.482. The summed E-state index contributed by atoms with van der Waals surface area (Å²) in [4.78, 5) is 25.3. The van der Waals surface area contributed by atoms with Crippen molar-refractivity contribution in [2.24, 2.45) is 0 Å². The lowest BCUT2D eigenvalue weighted by molar-refractivity contribution is 0.102. The highest BCUT2D eigenvalue weighted by Gasteiger charge is 2.12. The fourth-order valence-corrected chi connectivity index (χ4v) is 3.00. The number of aromatic nitrogens is 4. The van der Waals surface area contributed by atoms with E-state index in [1.54, 1.807) is 43.6 Å². The van der Waals surface area contributed by atoms with E-state index in [4.69, 9.17) is 4.74 Å². The van der Waals surface area contributed by atoms with Crippen molar-refractivity contribution in [3.63, 3.8) is 0 Å². The monoisotopic (exact) mass is 435 g/mol. The van der Waals surface area contributed by atoms with Crippen LogP contribution in [0.3, 0.4) is 0 Å². The Labute approximate surface area is 182 Å². The summed E-state index contributed by atoms with van der Waals surface area (Å²) in [5.74, 6) is -0.610. The van der Waals surface area contributed by atoms with Gasteiger partial charge in [-0.25, -0.2) is 18.7 Å². The number of benzene rings is 2. The number of ether oxygens (including phenoxy) is 1. The minimum atomic E-state index is -1.08. The molecule has 2 heterocycles. The van der Waals surface area contributed by atoms with Gasteiger partial charge in [-0.1, -0.05) is 0 Å². The molecule has 2 aromatic heterocycles. The first-order valence-corrected chi connectivity index (χ1v) is 9.71. The maximum absolute atomic E-state index is 13.3. The molecule has 0 saturated carbocycles. The van der Waals surface area contributed by atoms with E-state index in [-0.39, 0.29) is 5.56 Å². The van der Waals surface area contributed by atoms with E-state index in [1.807, 2.05) is 18.4 Å². The highest BCUT2D eigenvalue weighted by Crippen LogP contribution is 2.24. The van der Waals surface area contributed by atoms with Crippen LogP contribution >= 0.6 is 0 Å². The van der Waals surface area contributed by atoms with Gasteiger partial charge < -0.3 is 10.1 Å². The Hall–Kier alpha value is -4.14. The Bertz CT molecular complexity index is 1300. The number of imidazole rings is 1. The number of nitrogens with one attached hydrogen (secondary N) is 1. The van der Waals surface area contributed by atoms with Crippen molar-refractivity contribution in [1.29, 1.82) is 0 Å². The van der Waals surface area contributed by atoms with Crippen LogP contribution in [0.4, 0.5) is 14.5 Å². The van der Waals surface area contributed by atoms with Crippen LogP contribution in [0.1, 0.15) is 27.6 Å². The van der Waals surface area contributed by atoms with Gasteiger partial charge in [0.15, 0.2) is 11.6 Å². The zero-order valence-corrected chi connectivity index (χ0v) is 17.6. The van der Waals surface area contributed by atoms with Gasteiger partial charge in [-0.2, -0.15) is 4.98 Å². The fraction of sp³-hybridized carbons (Fsp3) is 0.130. The smallest absolute Gasteiger partial charge is 0.255 e. The number of nitrogens with zero attached hydrogens (tertiary/aromatic N) is 4. The molecule has 162 valence electrons. The van der Waals surface area contributed by atoms with Gasteiger partial charge >= 0.3 is 0 Å². The average Bonchev–Trinajstić information content (AvgIpc) is 3.09. The molecule has 0 unspecified atom stereocenters. The van der Waals surface area contributed by atoms with Crippen molar-refractivity contribution in [1.82, 2.24) is 19.5 Å². The topological polar surface area (TPSA) is 81.9 Å². The van der Waals surface area contributed by atoms with Crippen LogP contribution in [-0.2, 0) is 0 Å². The molecule has 0 aliphatic heterocycles. The van der Waals surface area contributed by atoms with Crippen molar-refractivity contribution in [2.45, 2.75) is 20.8 Å². The third-order valence-corrected chi connectivity index (χ3v) is 4.82. The molecule has 0 aliphatic carbocycles. The van der Waals surface area contributed by atoms with Crippen molar-refractivity contribution in [2.75, 3.05) is 5.32 Å². The maximum atomic E-state index is 13.3. The highest BCUT2D eigenvalue weighted by atomic mass is 19.2. The molecule has 0 radical (unpaired) electrons. The molecule has 2 aromatic carbocycles. The molecule has 0 spiro atoms. The standard InChI is InChI=1S/C23H19F2N5O2/c1-13-14(2)30(12-26-13)21-11-22(28-15(3)27-21)32-18-7-5-17(6-8-18)29-23(31)16-4-9-19(24)20(25)10-16/h4-12H,1-3H3,(H,29,31). The lowest BCUT2D eigenvalue weighted by atomic mass is 10.2. The third kappa shape index (κ3) is 4.46. The van der Waals surface area contributed by atoms with Crippen molar-refractivity contribution in [3.05, 3.63) is 89.3 Å². The van der Waals surface area contributed by atoms with Crippen LogP contribution in [-0.4, -0.2) is 25.4 Å². The normalized spacial score (nSPS) is 10.8. The predicted molar refractivity (Wildman–Crippen MR) is 114 cm³/mol. The van der Waals surface area contributed by atoms with Crippen LogP contribution in [0.25, 0.3) is 5.82 Å². The molecule has 32 heavy (non-hydrogen) atoms. The highest BCUT2D eigenvalue weighted by molar-refractivity contribution is 6.04. The van der Waals surface area contributed by atoms with Crippen LogP contribution in [0.15, 0.2) is 54.9 Å². The van der Waals surface area contributed by atoms with E-state index < -0.39 is 17.5 Å². The number of hydrogen-bond donors (Lipinski definition) is 1. The second kappa shape index (κ2) is 8.54. The number of carbonyl (C=O) groups excluding carboxylic acids is 1. The molecule has 1 amide bonds. The van der Waals surface area contributed by atoms with E-state index in [1.165, 1.54) is 6.07 Å². The first-order valence-electron chi connectivity index (χ1n) is 9.71. The van der Waals surface area contributed by atoms with Gasteiger partial charge in [-0.3, -0.25) is 9.36 Å². The molecule has 0 aliphatic rings. The first kappa shape index (κ1) is 21.1. The van der Waals surface area contributed by atoms with E-state index in [0.717, 1.165) is 23.5 Å². The number of carbonyl (C=O) groups is 1. The number of amides is 1. The van der Waals surface area contributed by atoms with Crippen molar-refractivity contribution >= 4 is 11.6 Å². The summed E-state index contributed by atoms with van der Waals surface area (Å²) in [7, 11) is 0. The third-order valence-electron chi connectivity index (χ3n) is 4.82. The number of halogens is 2. The van der Waals surface area contributed by atoms with Crippen LogP contribution in [0.5, 0.6) is 11.6 Å². The largest absolute Gasteiger partial charge is 0.439 e. The molecule has 4 aromatic rings. The van der Waals surface area contributed by atoms with Gasteiger partial charge in [-0.05, 0) is 63.2 Å². The lowest BCUT2D eigenvalue weighted by Gasteiger charge is -2.10. The summed E-state index contributed by atoms with van der Waals surface area (Å²) in [5, 5.41) is 2.62. The molecule has 1 N–H and O–H groups in total. The van der Waals surface area contributed by atoms with Crippen LogP contribution < -0.4 is 10.1 Å². The Balaban J connectivity index is 1.48.